The molecule has 0 saturated carbocycles. The van der Waals surface area contributed by atoms with E-state index in [0.717, 1.165) is 35.5 Å². The Morgan fingerprint density at radius 2 is 2.12 bits per heavy atom. The first kappa shape index (κ1) is 18.6. The van der Waals surface area contributed by atoms with Crippen LogP contribution in [0.2, 0.25) is 0 Å². The van der Waals surface area contributed by atoms with Crippen molar-refractivity contribution in [3.8, 4) is 0 Å². The summed E-state index contributed by atoms with van der Waals surface area (Å²) in [5.74, 6) is 0.130. The summed E-state index contributed by atoms with van der Waals surface area (Å²) in [5, 5.41) is 0. The van der Waals surface area contributed by atoms with Gasteiger partial charge in [-0.25, -0.2) is 0 Å². The van der Waals surface area contributed by atoms with Gasteiger partial charge in [0.15, 0.2) is 5.78 Å². The Morgan fingerprint density at radius 1 is 1.27 bits per heavy atom. The first-order valence-corrected chi connectivity index (χ1v) is 10.1. The third kappa shape index (κ3) is 4.49. The molecular formula is C20H23N3O2S. The minimum Gasteiger partial charge on any atom is -0.342 e. The zero-order chi connectivity index (χ0) is 18.4. The fourth-order valence-electron chi connectivity index (χ4n) is 3.34. The molecule has 1 aromatic carbocycles. The molecule has 1 amide bonds. The first-order chi connectivity index (χ1) is 12.7. The van der Waals surface area contributed by atoms with E-state index in [1.54, 1.807) is 30.4 Å². The number of Topliss-reactive ketones (excluding diaryl/α,β-unsaturated/α-hetero) is 1. The summed E-state index contributed by atoms with van der Waals surface area (Å²) < 4.78 is 0. The van der Waals surface area contributed by atoms with Crippen molar-refractivity contribution in [2.75, 3.05) is 19.3 Å². The number of nitrogens with zero attached hydrogens (tertiary/aromatic N) is 3. The molecule has 0 bridgehead atoms. The Balaban J connectivity index is 1.61. The number of amides is 1. The van der Waals surface area contributed by atoms with Gasteiger partial charge in [-0.1, -0.05) is 18.2 Å². The summed E-state index contributed by atoms with van der Waals surface area (Å²) in [4.78, 5) is 36.6. The van der Waals surface area contributed by atoms with E-state index < -0.39 is 0 Å². The van der Waals surface area contributed by atoms with Gasteiger partial charge < -0.3 is 4.90 Å². The maximum Gasteiger partial charge on any atom is 0.222 e. The number of carbonyl (C=O) groups is 2. The summed E-state index contributed by atoms with van der Waals surface area (Å²) in [7, 11) is 0. The van der Waals surface area contributed by atoms with Crippen LogP contribution in [0.4, 0.5) is 0 Å². The van der Waals surface area contributed by atoms with Crippen LogP contribution >= 0.6 is 11.8 Å². The second kappa shape index (κ2) is 8.94. The molecular weight excluding hydrogens is 346 g/mol. The molecule has 0 aliphatic carbocycles. The molecule has 1 aliphatic heterocycles. The SMILES string of the molecule is CSc1ccccc1C(=O)[C@@H]1CCCN(C(=O)CCc2cnccn2)C1. The van der Waals surface area contributed by atoms with Gasteiger partial charge in [-0.05, 0) is 31.6 Å². The van der Waals surface area contributed by atoms with E-state index in [9.17, 15) is 9.59 Å². The average Bonchev–Trinajstić information content (AvgIpc) is 2.72. The highest BCUT2D eigenvalue weighted by atomic mass is 32.2. The fourth-order valence-corrected chi connectivity index (χ4v) is 3.94. The number of carbonyl (C=O) groups excluding carboxylic acids is 2. The summed E-state index contributed by atoms with van der Waals surface area (Å²) >= 11 is 1.59. The Hall–Kier alpha value is -2.21. The summed E-state index contributed by atoms with van der Waals surface area (Å²) in [5.41, 5.74) is 1.60. The lowest BCUT2D eigenvalue weighted by Gasteiger charge is -2.32. The van der Waals surface area contributed by atoms with Crippen molar-refractivity contribution in [2.45, 2.75) is 30.6 Å². The quantitative estimate of drug-likeness (QED) is 0.578. The number of ketones is 1. The second-order valence-corrected chi connectivity index (χ2v) is 7.29. The van der Waals surface area contributed by atoms with Gasteiger partial charge in [0, 0.05) is 54.5 Å². The van der Waals surface area contributed by atoms with Gasteiger partial charge in [0.2, 0.25) is 5.91 Å². The van der Waals surface area contributed by atoms with Crippen LogP contribution in [0.5, 0.6) is 0 Å². The largest absolute Gasteiger partial charge is 0.342 e. The molecule has 1 aliphatic rings. The van der Waals surface area contributed by atoms with Crippen molar-refractivity contribution in [1.82, 2.24) is 14.9 Å². The van der Waals surface area contributed by atoms with Gasteiger partial charge in [0.25, 0.3) is 0 Å². The highest BCUT2D eigenvalue weighted by Gasteiger charge is 2.29. The molecule has 0 unspecified atom stereocenters. The third-order valence-corrected chi connectivity index (χ3v) is 5.52. The number of hydrogen-bond acceptors (Lipinski definition) is 5. The van der Waals surface area contributed by atoms with E-state index in [1.807, 2.05) is 35.4 Å². The Kier molecular flexibility index (Phi) is 6.39. The number of hydrogen-bond donors (Lipinski definition) is 0. The topological polar surface area (TPSA) is 63.2 Å². The molecule has 2 aromatic rings. The van der Waals surface area contributed by atoms with Crippen LogP contribution in [0.15, 0.2) is 47.8 Å². The van der Waals surface area contributed by atoms with Crippen molar-refractivity contribution in [2.24, 2.45) is 5.92 Å². The fraction of sp³-hybridized carbons (Fsp3) is 0.400. The minimum atomic E-state index is -0.113. The number of likely N-dealkylation sites (tertiary alicyclic amines) is 1. The Labute approximate surface area is 158 Å². The van der Waals surface area contributed by atoms with Gasteiger partial charge in [0.05, 0.1) is 5.69 Å². The highest BCUT2D eigenvalue weighted by Crippen LogP contribution is 2.27. The maximum atomic E-state index is 13.0. The molecule has 1 saturated heterocycles. The van der Waals surface area contributed by atoms with E-state index in [1.165, 1.54) is 0 Å². The normalized spacial score (nSPS) is 17.1. The molecule has 5 nitrogen and oxygen atoms in total. The van der Waals surface area contributed by atoms with Crippen molar-refractivity contribution in [3.63, 3.8) is 0 Å². The van der Waals surface area contributed by atoms with E-state index in [4.69, 9.17) is 0 Å². The van der Waals surface area contributed by atoms with Gasteiger partial charge in [-0.3, -0.25) is 19.6 Å². The molecule has 1 atom stereocenters. The van der Waals surface area contributed by atoms with Crippen LogP contribution in [-0.4, -0.2) is 45.9 Å². The number of aryl methyl sites for hydroxylation is 1. The second-order valence-electron chi connectivity index (χ2n) is 6.44. The molecule has 1 aromatic heterocycles. The lowest BCUT2D eigenvalue weighted by atomic mass is 9.89. The Bertz CT molecular complexity index is 767. The number of benzene rings is 1. The van der Waals surface area contributed by atoms with Crippen LogP contribution in [0.3, 0.4) is 0 Å². The third-order valence-electron chi connectivity index (χ3n) is 4.73. The lowest BCUT2D eigenvalue weighted by Crippen LogP contribution is -2.42. The van der Waals surface area contributed by atoms with Gasteiger partial charge in [0.1, 0.15) is 0 Å². The van der Waals surface area contributed by atoms with E-state index in [-0.39, 0.29) is 17.6 Å². The van der Waals surface area contributed by atoms with E-state index >= 15 is 0 Å². The predicted molar refractivity (Wildman–Crippen MR) is 102 cm³/mol. The smallest absolute Gasteiger partial charge is 0.222 e. The zero-order valence-electron chi connectivity index (χ0n) is 14.9. The van der Waals surface area contributed by atoms with E-state index in [0.29, 0.717) is 19.4 Å². The van der Waals surface area contributed by atoms with Crippen molar-refractivity contribution < 1.29 is 9.59 Å². The summed E-state index contributed by atoms with van der Waals surface area (Å²) in [6.07, 6.45) is 9.63. The number of rotatable bonds is 6. The molecule has 26 heavy (non-hydrogen) atoms. The molecule has 6 heteroatoms. The monoisotopic (exact) mass is 369 g/mol. The van der Waals surface area contributed by atoms with Crippen molar-refractivity contribution in [3.05, 3.63) is 54.1 Å². The highest BCUT2D eigenvalue weighted by molar-refractivity contribution is 7.98. The maximum absolute atomic E-state index is 13.0. The molecule has 0 spiro atoms. The van der Waals surface area contributed by atoms with Gasteiger partial charge >= 0.3 is 0 Å². The van der Waals surface area contributed by atoms with Crippen LogP contribution in [0.25, 0.3) is 0 Å². The standard InChI is InChI=1S/C20H23N3O2S/c1-26-18-7-3-2-6-17(18)20(25)15-5-4-12-23(14-15)19(24)9-8-16-13-21-10-11-22-16/h2-3,6-7,10-11,13,15H,4-5,8-9,12,14H2,1H3/t15-/m1/s1. The minimum absolute atomic E-state index is 0.0892. The molecule has 0 radical (unpaired) electrons. The number of thioether (sulfide) groups is 1. The summed E-state index contributed by atoms with van der Waals surface area (Å²) in [6, 6.07) is 7.72. The Morgan fingerprint density at radius 3 is 2.88 bits per heavy atom. The van der Waals surface area contributed by atoms with Crippen LogP contribution in [0, 0.1) is 5.92 Å². The van der Waals surface area contributed by atoms with Crippen LogP contribution in [0.1, 0.15) is 35.3 Å². The summed E-state index contributed by atoms with van der Waals surface area (Å²) in [6.45, 7) is 1.24. The van der Waals surface area contributed by atoms with Crippen LogP contribution in [-0.2, 0) is 11.2 Å². The zero-order valence-corrected chi connectivity index (χ0v) is 15.7. The number of aromatic nitrogens is 2. The molecule has 2 heterocycles. The molecule has 1 fully saturated rings. The lowest BCUT2D eigenvalue weighted by molar-refractivity contribution is -0.132. The van der Waals surface area contributed by atoms with Gasteiger partial charge in [-0.2, -0.15) is 0 Å². The van der Waals surface area contributed by atoms with Crippen molar-refractivity contribution >= 4 is 23.5 Å². The molecule has 136 valence electrons. The van der Waals surface area contributed by atoms with Crippen LogP contribution < -0.4 is 0 Å². The number of piperidine rings is 1. The predicted octanol–water partition coefficient (Wildman–Crippen LogP) is 3.25. The first-order valence-electron chi connectivity index (χ1n) is 8.89. The average molecular weight is 369 g/mol. The van der Waals surface area contributed by atoms with E-state index in [2.05, 4.69) is 9.97 Å². The molecule has 3 rings (SSSR count). The van der Waals surface area contributed by atoms with Gasteiger partial charge in [-0.15, -0.1) is 11.8 Å². The molecule has 0 N–H and O–H groups in total. The van der Waals surface area contributed by atoms with Crippen molar-refractivity contribution in [1.29, 1.82) is 0 Å².